The number of rotatable bonds is 4. The molecule has 1 aliphatic rings. The van der Waals surface area contributed by atoms with E-state index >= 15 is 0 Å². The average molecular weight is 263 g/mol. The third-order valence-electron chi connectivity index (χ3n) is 2.52. The summed E-state index contributed by atoms with van der Waals surface area (Å²) in [5, 5.41) is 39.8. The maximum absolute atomic E-state index is 11.2. The van der Waals surface area contributed by atoms with Crippen molar-refractivity contribution in [3.8, 4) is 0 Å². The van der Waals surface area contributed by atoms with Gasteiger partial charge in [-0.05, 0) is 0 Å². The van der Waals surface area contributed by atoms with Crippen LogP contribution in [0.4, 0.5) is 4.79 Å². The van der Waals surface area contributed by atoms with Crippen molar-refractivity contribution in [2.24, 2.45) is 0 Å². The van der Waals surface area contributed by atoms with E-state index in [1.807, 2.05) is 0 Å². The zero-order valence-corrected chi connectivity index (χ0v) is 9.60. The van der Waals surface area contributed by atoms with Crippen LogP contribution < -0.4 is 5.32 Å². The van der Waals surface area contributed by atoms with E-state index in [-0.39, 0.29) is 6.61 Å². The molecule has 18 heavy (non-hydrogen) atoms. The first-order chi connectivity index (χ1) is 8.51. The first-order valence-corrected chi connectivity index (χ1v) is 5.36. The molecule has 1 heterocycles. The van der Waals surface area contributed by atoms with Crippen LogP contribution in [0, 0.1) is 0 Å². The number of aliphatic hydroxyl groups excluding tert-OH is 4. The summed E-state index contributed by atoms with van der Waals surface area (Å²) in [5.41, 5.74) is 0. The molecule has 0 spiro atoms. The van der Waals surface area contributed by atoms with E-state index in [4.69, 9.17) is 9.84 Å². The number of nitrogens with one attached hydrogen (secondary N) is 1. The fourth-order valence-electron chi connectivity index (χ4n) is 1.57. The third kappa shape index (κ3) is 3.40. The van der Waals surface area contributed by atoms with E-state index in [1.165, 1.54) is 6.08 Å². The first kappa shape index (κ1) is 14.9. The van der Waals surface area contributed by atoms with Crippen molar-refractivity contribution in [1.29, 1.82) is 0 Å². The van der Waals surface area contributed by atoms with E-state index in [9.17, 15) is 20.1 Å². The lowest BCUT2D eigenvalue weighted by Gasteiger charge is -2.39. The van der Waals surface area contributed by atoms with E-state index in [1.54, 1.807) is 0 Å². The Hall–Kier alpha value is -1.19. The van der Waals surface area contributed by atoms with Gasteiger partial charge in [0, 0.05) is 0 Å². The van der Waals surface area contributed by atoms with Crippen LogP contribution in [0.2, 0.25) is 0 Å². The molecule has 1 unspecified atom stereocenters. The molecule has 1 fully saturated rings. The average Bonchev–Trinajstić information content (AvgIpc) is 2.36. The summed E-state index contributed by atoms with van der Waals surface area (Å²) in [6.07, 6.45) is -5.13. The summed E-state index contributed by atoms with van der Waals surface area (Å²) in [6.45, 7) is 2.75. The largest absolute Gasteiger partial charge is 0.445 e. The summed E-state index contributed by atoms with van der Waals surface area (Å²) in [6, 6.07) is -1.25. The van der Waals surface area contributed by atoms with Gasteiger partial charge in [-0.3, -0.25) is 0 Å². The molecule has 5 atom stereocenters. The number of ether oxygens (including phenoxy) is 2. The molecule has 104 valence electrons. The Labute approximate surface area is 103 Å². The molecule has 1 saturated heterocycles. The minimum absolute atomic E-state index is 0.0343. The zero-order chi connectivity index (χ0) is 13.7. The summed E-state index contributed by atoms with van der Waals surface area (Å²) < 4.78 is 9.44. The monoisotopic (exact) mass is 263 g/mol. The van der Waals surface area contributed by atoms with Gasteiger partial charge < -0.3 is 35.2 Å². The van der Waals surface area contributed by atoms with Crippen molar-refractivity contribution in [3.63, 3.8) is 0 Å². The molecule has 8 nitrogen and oxygen atoms in total. The molecule has 0 aromatic rings. The van der Waals surface area contributed by atoms with Crippen molar-refractivity contribution in [1.82, 2.24) is 5.32 Å². The molecular weight excluding hydrogens is 246 g/mol. The lowest BCUT2D eigenvalue weighted by molar-refractivity contribution is -0.253. The normalized spacial score (nSPS) is 35.9. The van der Waals surface area contributed by atoms with Gasteiger partial charge in [0.05, 0.1) is 6.61 Å². The standard InChI is InChI=1S/C10H17NO7/c1-2-3-17-10(16)11-6-8(14)7(13)5(4-12)18-9(6)15/h2,5-9,12-15H,1,3-4H2,(H,11,16)/t5-,6+,7-,8-,9?/m1/s1. The van der Waals surface area contributed by atoms with Crippen LogP contribution in [0.15, 0.2) is 12.7 Å². The maximum atomic E-state index is 11.2. The lowest BCUT2D eigenvalue weighted by atomic mass is 9.97. The predicted octanol–water partition coefficient (Wildman–Crippen LogP) is -2.30. The van der Waals surface area contributed by atoms with Crippen LogP contribution in [0.5, 0.6) is 0 Å². The minimum Gasteiger partial charge on any atom is -0.445 e. The fraction of sp³-hybridized carbons (Fsp3) is 0.700. The molecule has 0 saturated carbocycles. The molecule has 1 aliphatic heterocycles. The molecule has 1 rings (SSSR count). The number of carbonyl (C=O) groups excluding carboxylic acids is 1. The van der Waals surface area contributed by atoms with Gasteiger partial charge in [-0.15, -0.1) is 0 Å². The molecule has 1 amide bonds. The number of carbonyl (C=O) groups is 1. The predicted molar refractivity (Wildman–Crippen MR) is 58.4 cm³/mol. The highest BCUT2D eigenvalue weighted by atomic mass is 16.6. The maximum Gasteiger partial charge on any atom is 0.407 e. The third-order valence-corrected chi connectivity index (χ3v) is 2.52. The van der Waals surface area contributed by atoms with Crippen LogP contribution in [-0.2, 0) is 9.47 Å². The smallest absolute Gasteiger partial charge is 0.407 e. The van der Waals surface area contributed by atoms with Gasteiger partial charge in [0.2, 0.25) is 0 Å². The summed E-state index contributed by atoms with van der Waals surface area (Å²) in [5.74, 6) is 0. The summed E-state index contributed by atoms with van der Waals surface area (Å²) in [7, 11) is 0. The van der Waals surface area contributed by atoms with Crippen LogP contribution in [-0.4, -0.2) is 70.4 Å². The zero-order valence-electron chi connectivity index (χ0n) is 9.60. The molecule has 0 bridgehead atoms. The Morgan fingerprint density at radius 2 is 2.06 bits per heavy atom. The minimum atomic E-state index is -1.56. The van der Waals surface area contributed by atoms with E-state index < -0.39 is 43.3 Å². The van der Waals surface area contributed by atoms with Gasteiger partial charge in [0.1, 0.15) is 31.0 Å². The van der Waals surface area contributed by atoms with Crippen molar-refractivity contribution >= 4 is 6.09 Å². The molecule has 0 aromatic carbocycles. The Balaban J connectivity index is 2.59. The van der Waals surface area contributed by atoms with E-state index in [0.717, 1.165) is 0 Å². The number of amides is 1. The van der Waals surface area contributed by atoms with Gasteiger partial charge >= 0.3 is 6.09 Å². The quantitative estimate of drug-likeness (QED) is 0.361. The first-order valence-electron chi connectivity index (χ1n) is 5.36. The van der Waals surface area contributed by atoms with Crippen molar-refractivity contribution in [3.05, 3.63) is 12.7 Å². The molecule has 5 N–H and O–H groups in total. The molecular formula is C10H17NO7. The topological polar surface area (TPSA) is 128 Å². The Kier molecular flexibility index (Phi) is 5.51. The fourth-order valence-corrected chi connectivity index (χ4v) is 1.57. The van der Waals surface area contributed by atoms with Gasteiger partial charge in [-0.2, -0.15) is 0 Å². The molecule has 0 radical (unpaired) electrons. The van der Waals surface area contributed by atoms with Crippen molar-refractivity contribution in [2.75, 3.05) is 13.2 Å². The highest BCUT2D eigenvalue weighted by Gasteiger charge is 2.44. The van der Waals surface area contributed by atoms with E-state index in [2.05, 4.69) is 16.6 Å². The van der Waals surface area contributed by atoms with Gasteiger partial charge in [-0.25, -0.2) is 4.79 Å². The SMILES string of the molecule is C=CCOC(=O)N[C@@H]1C(O)O[C@H](CO)[C@@H](O)[C@@H]1O. The summed E-state index contributed by atoms with van der Waals surface area (Å²) in [4.78, 5) is 11.2. The number of aliphatic hydroxyl groups is 4. The molecule has 0 aromatic heterocycles. The van der Waals surface area contributed by atoms with Crippen LogP contribution in [0.25, 0.3) is 0 Å². The second kappa shape index (κ2) is 6.66. The molecule has 8 heteroatoms. The van der Waals surface area contributed by atoms with Crippen LogP contribution >= 0.6 is 0 Å². The lowest BCUT2D eigenvalue weighted by Crippen LogP contribution is -2.64. The van der Waals surface area contributed by atoms with Gasteiger partial charge in [0.15, 0.2) is 6.29 Å². The Morgan fingerprint density at radius 1 is 1.39 bits per heavy atom. The summed E-state index contributed by atoms with van der Waals surface area (Å²) >= 11 is 0. The second-order valence-electron chi connectivity index (χ2n) is 3.79. The van der Waals surface area contributed by atoms with Crippen molar-refractivity contribution in [2.45, 2.75) is 30.6 Å². The number of hydrogen-bond acceptors (Lipinski definition) is 7. The number of alkyl carbamates (subject to hydrolysis) is 1. The second-order valence-corrected chi connectivity index (χ2v) is 3.79. The number of hydrogen-bond donors (Lipinski definition) is 5. The van der Waals surface area contributed by atoms with Gasteiger partial charge in [-0.1, -0.05) is 12.7 Å². The van der Waals surface area contributed by atoms with Crippen LogP contribution in [0.1, 0.15) is 0 Å². The van der Waals surface area contributed by atoms with Crippen molar-refractivity contribution < 1.29 is 34.7 Å². The van der Waals surface area contributed by atoms with Gasteiger partial charge in [0.25, 0.3) is 0 Å². The Morgan fingerprint density at radius 3 is 2.61 bits per heavy atom. The van der Waals surface area contributed by atoms with E-state index in [0.29, 0.717) is 0 Å². The highest BCUT2D eigenvalue weighted by Crippen LogP contribution is 2.19. The Bertz CT molecular complexity index is 298. The van der Waals surface area contributed by atoms with Crippen LogP contribution in [0.3, 0.4) is 0 Å². The highest BCUT2D eigenvalue weighted by molar-refractivity contribution is 5.67. The molecule has 0 aliphatic carbocycles.